The molecule has 1 aliphatic heterocycles. The molecule has 0 atom stereocenters. The van der Waals surface area contributed by atoms with Crippen molar-refractivity contribution in [2.45, 2.75) is 26.0 Å². The molecule has 76 valence electrons. The van der Waals surface area contributed by atoms with Crippen LogP contribution in [-0.2, 0) is 16.9 Å². The molecule has 2 rings (SSSR count). The van der Waals surface area contributed by atoms with Crippen LogP contribution in [0.25, 0.3) is 0 Å². The smallest absolute Gasteiger partial charge is 0.313 e. The second kappa shape index (κ2) is 2.78. The van der Waals surface area contributed by atoms with E-state index in [1.54, 1.807) is 4.68 Å². The summed E-state index contributed by atoms with van der Waals surface area (Å²) in [4.78, 5) is 10.3. The number of fused-ring (bicyclic) bond motifs is 1. The van der Waals surface area contributed by atoms with E-state index < -0.39 is 10.5 Å². The van der Waals surface area contributed by atoms with Crippen molar-refractivity contribution in [3.05, 3.63) is 22.0 Å². The maximum absolute atomic E-state index is 10.7. The molecular formula is C8H11N3O3. The van der Waals surface area contributed by atoms with Gasteiger partial charge >= 0.3 is 5.69 Å². The summed E-state index contributed by atoms with van der Waals surface area (Å²) in [6.45, 7) is 4.74. The van der Waals surface area contributed by atoms with Gasteiger partial charge in [0.1, 0.15) is 17.5 Å². The van der Waals surface area contributed by atoms with Crippen LogP contribution >= 0.6 is 0 Å². The topological polar surface area (TPSA) is 70.2 Å². The van der Waals surface area contributed by atoms with E-state index in [9.17, 15) is 10.1 Å². The third-order valence-electron chi connectivity index (χ3n) is 2.35. The highest BCUT2D eigenvalue weighted by molar-refractivity contribution is 5.37. The van der Waals surface area contributed by atoms with Crippen LogP contribution in [0.3, 0.4) is 0 Å². The number of nitrogens with zero attached hydrogens (tertiary/aromatic N) is 3. The second-order valence-electron chi connectivity index (χ2n) is 3.72. The SMILES string of the molecule is CC1(C)OCCn2ncc([N+](=O)[O-])c21. The predicted octanol–water partition coefficient (Wildman–Crippen LogP) is 1.06. The van der Waals surface area contributed by atoms with E-state index in [4.69, 9.17) is 4.74 Å². The van der Waals surface area contributed by atoms with Crippen molar-refractivity contribution in [1.82, 2.24) is 9.78 Å². The van der Waals surface area contributed by atoms with E-state index in [0.717, 1.165) is 0 Å². The minimum atomic E-state index is -0.628. The first kappa shape index (κ1) is 9.14. The Kier molecular flexibility index (Phi) is 1.81. The van der Waals surface area contributed by atoms with Crippen molar-refractivity contribution < 1.29 is 9.66 Å². The molecule has 0 unspecified atom stereocenters. The minimum absolute atomic E-state index is 0.0368. The molecule has 1 aliphatic rings. The summed E-state index contributed by atoms with van der Waals surface area (Å²) in [5.74, 6) is 0. The van der Waals surface area contributed by atoms with Crippen LogP contribution < -0.4 is 0 Å². The molecule has 2 heterocycles. The van der Waals surface area contributed by atoms with Gasteiger partial charge in [-0.2, -0.15) is 5.10 Å². The van der Waals surface area contributed by atoms with Gasteiger partial charge in [-0.3, -0.25) is 14.8 Å². The summed E-state index contributed by atoms with van der Waals surface area (Å²) in [6.07, 6.45) is 1.28. The highest BCUT2D eigenvalue weighted by Gasteiger charge is 2.37. The summed E-state index contributed by atoms with van der Waals surface area (Å²) in [5.41, 5.74) is -0.0413. The number of nitro groups is 1. The van der Waals surface area contributed by atoms with Crippen molar-refractivity contribution in [2.24, 2.45) is 0 Å². The molecule has 0 radical (unpaired) electrons. The molecule has 0 aromatic carbocycles. The van der Waals surface area contributed by atoms with Gasteiger partial charge in [-0.15, -0.1) is 0 Å². The lowest BCUT2D eigenvalue weighted by atomic mass is 10.0. The fourth-order valence-electron chi connectivity index (χ4n) is 1.75. The average Bonchev–Trinajstić information content (AvgIpc) is 2.48. The van der Waals surface area contributed by atoms with Crippen molar-refractivity contribution in [2.75, 3.05) is 6.61 Å². The Hall–Kier alpha value is -1.43. The van der Waals surface area contributed by atoms with Crippen LogP contribution in [-0.4, -0.2) is 21.3 Å². The predicted molar refractivity (Wildman–Crippen MR) is 47.9 cm³/mol. The van der Waals surface area contributed by atoms with Crippen molar-refractivity contribution >= 4 is 5.69 Å². The first-order chi connectivity index (χ1) is 6.52. The minimum Gasteiger partial charge on any atom is -0.367 e. The number of rotatable bonds is 1. The van der Waals surface area contributed by atoms with E-state index in [0.29, 0.717) is 18.8 Å². The number of hydrogen-bond acceptors (Lipinski definition) is 4. The zero-order valence-corrected chi connectivity index (χ0v) is 8.06. The summed E-state index contributed by atoms with van der Waals surface area (Å²) in [5, 5.41) is 14.7. The fourth-order valence-corrected chi connectivity index (χ4v) is 1.75. The Morgan fingerprint density at radius 1 is 1.71 bits per heavy atom. The molecule has 0 fully saturated rings. The zero-order chi connectivity index (χ0) is 10.3. The van der Waals surface area contributed by atoms with Gasteiger partial charge in [0.15, 0.2) is 0 Å². The summed E-state index contributed by atoms with van der Waals surface area (Å²) in [7, 11) is 0. The highest BCUT2D eigenvalue weighted by atomic mass is 16.6. The lowest BCUT2D eigenvalue weighted by Gasteiger charge is -2.29. The highest BCUT2D eigenvalue weighted by Crippen LogP contribution is 2.34. The van der Waals surface area contributed by atoms with E-state index >= 15 is 0 Å². The molecule has 1 aromatic rings. The second-order valence-corrected chi connectivity index (χ2v) is 3.72. The van der Waals surface area contributed by atoms with Crippen LogP contribution in [0.5, 0.6) is 0 Å². The molecule has 1 aromatic heterocycles. The molecule has 0 aliphatic carbocycles. The Morgan fingerprint density at radius 3 is 3.07 bits per heavy atom. The van der Waals surface area contributed by atoms with Gasteiger partial charge in [0, 0.05) is 0 Å². The Morgan fingerprint density at radius 2 is 2.43 bits per heavy atom. The lowest BCUT2D eigenvalue weighted by Crippen LogP contribution is -2.33. The third-order valence-corrected chi connectivity index (χ3v) is 2.35. The molecule has 0 N–H and O–H groups in total. The van der Waals surface area contributed by atoms with Crippen LogP contribution in [0.4, 0.5) is 5.69 Å². The molecule has 0 saturated carbocycles. The van der Waals surface area contributed by atoms with Gasteiger partial charge < -0.3 is 4.74 Å². The summed E-state index contributed by atoms with van der Waals surface area (Å²) in [6, 6.07) is 0. The van der Waals surface area contributed by atoms with E-state index in [2.05, 4.69) is 5.10 Å². The quantitative estimate of drug-likeness (QED) is 0.498. The number of aromatic nitrogens is 2. The molecule has 6 nitrogen and oxygen atoms in total. The van der Waals surface area contributed by atoms with Crippen LogP contribution in [0.15, 0.2) is 6.20 Å². The molecule has 0 spiro atoms. The normalized spacial score (nSPS) is 19.0. The largest absolute Gasteiger partial charge is 0.367 e. The summed E-state index contributed by atoms with van der Waals surface area (Å²) >= 11 is 0. The Labute approximate surface area is 80.6 Å². The monoisotopic (exact) mass is 197 g/mol. The van der Waals surface area contributed by atoms with Crippen molar-refractivity contribution in [3.63, 3.8) is 0 Å². The molecule has 14 heavy (non-hydrogen) atoms. The molecule has 0 saturated heterocycles. The summed E-state index contributed by atoms with van der Waals surface area (Å²) < 4.78 is 7.12. The van der Waals surface area contributed by atoms with Crippen LogP contribution in [0.2, 0.25) is 0 Å². The molecule has 0 amide bonds. The first-order valence-corrected chi connectivity index (χ1v) is 4.37. The first-order valence-electron chi connectivity index (χ1n) is 4.37. The third kappa shape index (κ3) is 1.19. The average molecular weight is 197 g/mol. The number of hydrogen-bond donors (Lipinski definition) is 0. The van der Waals surface area contributed by atoms with E-state index in [-0.39, 0.29) is 5.69 Å². The lowest BCUT2D eigenvalue weighted by molar-refractivity contribution is -0.387. The van der Waals surface area contributed by atoms with Crippen molar-refractivity contribution in [3.8, 4) is 0 Å². The number of ether oxygens (including phenoxy) is 1. The fraction of sp³-hybridized carbons (Fsp3) is 0.625. The molecule has 6 heteroatoms. The van der Waals surface area contributed by atoms with E-state index in [1.807, 2.05) is 13.8 Å². The maximum atomic E-state index is 10.7. The Bertz CT molecular complexity index is 383. The van der Waals surface area contributed by atoms with Gasteiger partial charge in [0.05, 0.1) is 18.1 Å². The van der Waals surface area contributed by atoms with Gasteiger partial charge in [-0.1, -0.05) is 0 Å². The van der Waals surface area contributed by atoms with Crippen LogP contribution in [0, 0.1) is 10.1 Å². The van der Waals surface area contributed by atoms with Gasteiger partial charge in [-0.25, -0.2) is 0 Å². The van der Waals surface area contributed by atoms with Crippen LogP contribution in [0.1, 0.15) is 19.5 Å². The Balaban J connectivity index is 2.58. The van der Waals surface area contributed by atoms with E-state index in [1.165, 1.54) is 6.20 Å². The zero-order valence-electron chi connectivity index (χ0n) is 8.06. The molecular weight excluding hydrogens is 186 g/mol. The standard InChI is InChI=1S/C8H11N3O3/c1-8(2)7-6(11(12)13)5-9-10(7)3-4-14-8/h5H,3-4H2,1-2H3. The van der Waals surface area contributed by atoms with Gasteiger partial charge in [0.2, 0.25) is 0 Å². The van der Waals surface area contributed by atoms with Gasteiger partial charge in [0.25, 0.3) is 0 Å². The van der Waals surface area contributed by atoms with Gasteiger partial charge in [-0.05, 0) is 13.8 Å². The van der Waals surface area contributed by atoms with Crippen molar-refractivity contribution in [1.29, 1.82) is 0 Å². The maximum Gasteiger partial charge on any atom is 0.313 e. The molecule has 0 bridgehead atoms.